The Morgan fingerprint density at radius 3 is 2.56 bits per heavy atom. The molecule has 18 heavy (non-hydrogen) atoms. The number of hydrogen-bond acceptors (Lipinski definition) is 5. The molecule has 0 aromatic heterocycles. The second-order valence-electron chi connectivity index (χ2n) is 3.68. The zero-order valence-corrected chi connectivity index (χ0v) is 9.80. The molecule has 0 aromatic carbocycles. The minimum absolute atomic E-state index is 0.173. The molecule has 8 nitrogen and oxygen atoms in total. The van der Waals surface area contributed by atoms with Crippen molar-refractivity contribution in [2.24, 2.45) is 0 Å². The van der Waals surface area contributed by atoms with E-state index in [9.17, 15) is 19.2 Å². The lowest BCUT2D eigenvalue weighted by Gasteiger charge is -2.44. The molecule has 0 spiro atoms. The maximum atomic E-state index is 11.4. The lowest BCUT2D eigenvalue weighted by molar-refractivity contribution is -0.144. The Morgan fingerprint density at radius 1 is 1.50 bits per heavy atom. The fourth-order valence-corrected chi connectivity index (χ4v) is 1.67. The van der Waals surface area contributed by atoms with Crippen LogP contribution in [0.4, 0.5) is 4.79 Å². The van der Waals surface area contributed by atoms with Gasteiger partial charge in [0.2, 0.25) is 5.91 Å². The van der Waals surface area contributed by atoms with E-state index in [0.717, 1.165) is 12.0 Å². The third-order valence-corrected chi connectivity index (χ3v) is 2.60. The Kier molecular flexibility index (Phi) is 4.06. The highest BCUT2D eigenvalue weighted by Crippen LogP contribution is 2.27. The number of nitrogens with zero attached hydrogens (tertiary/aromatic N) is 1. The van der Waals surface area contributed by atoms with Gasteiger partial charge in [0.25, 0.3) is 0 Å². The largest absolute Gasteiger partial charge is 0.469 e. The minimum atomic E-state index is -1.29. The van der Waals surface area contributed by atoms with Crippen LogP contribution in [-0.4, -0.2) is 53.1 Å². The van der Waals surface area contributed by atoms with E-state index in [0.29, 0.717) is 0 Å². The predicted octanol–water partition coefficient (Wildman–Crippen LogP) is -0.868. The third kappa shape index (κ3) is 2.49. The predicted molar refractivity (Wildman–Crippen MR) is 57.1 cm³/mol. The molecule has 2 amide bonds. The smallest absolute Gasteiger partial charge is 0.412 e. The highest BCUT2D eigenvalue weighted by molar-refractivity contribution is 5.95. The van der Waals surface area contributed by atoms with Crippen LogP contribution in [0.5, 0.6) is 0 Å². The molecule has 2 unspecified atom stereocenters. The summed E-state index contributed by atoms with van der Waals surface area (Å²) >= 11 is 0. The van der Waals surface area contributed by atoms with Crippen LogP contribution in [0.15, 0.2) is 5.70 Å². The van der Waals surface area contributed by atoms with Crippen molar-refractivity contribution in [3.63, 3.8) is 0 Å². The van der Waals surface area contributed by atoms with Crippen molar-refractivity contribution in [3.8, 4) is 0 Å². The number of esters is 1. The zero-order valence-electron chi connectivity index (χ0n) is 9.80. The summed E-state index contributed by atoms with van der Waals surface area (Å²) in [4.78, 5) is 44.4. The third-order valence-electron chi connectivity index (χ3n) is 2.60. The van der Waals surface area contributed by atoms with Crippen molar-refractivity contribution in [2.45, 2.75) is 25.4 Å². The number of ether oxygens (including phenoxy) is 1. The molecule has 1 saturated heterocycles. The van der Waals surface area contributed by atoms with Crippen molar-refractivity contribution in [1.82, 2.24) is 10.2 Å². The molecular formula is C10H12N2O6. The van der Waals surface area contributed by atoms with E-state index >= 15 is 0 Å². The number of nitrogens with one attached hydrogen (secondary N) is 1. The number of carbonyl (C=O) groups is 3. The van der Waals surface area contributed by atoms with E-state index in [1.807, 2.05) is 0 Å². The van der Waals surface area contributed by atoms with Gasteiger partial charge in [-0.3, -0.25) is 14.5 Å². The monoisotopic (exact) mass is 256 g/mol. The molecule has 0 bridgehead atoms. The lowest BCUT2D eigenvalue weighted by Crippen LogP contribution is -2.65. The van der Waals surface area contributed by atoms with Gasteiger partial charge in [-0.05, 0) is 6.92 Å². The Balaban J connectivity index is 2.64. The quantitative estimate of drug-likeness (QED) is 0.385. The van der Waals surface area contributed by atoms with Gasteiger partial charge in [0.15, 0.2) is 0 Å². The van der Waals surface area contributed by atoms with Gasteiger partial charge >= 0.3 is 12.1 Å². The number of hydrogen-bond donors (Lipinski definition) is 2. The van der Waals surface area contributed by atoms with Gasteiger partial charge < -0.3 is 15.2 Å². The summed E-state index contributed by atoms with van der Waals surface area (Å²) in [6, 6.07) is -1.34. The Labute approximate surface area is 102 Å². The second kappa shape index (κ2) is 5.33. The molecule has 8 heteroatoms. The van der Waals surface area contributed by atoms with Gasteiger partial charge in [-0.25, -0.2) is 9.59 Å². The number of carboxylic acid groups (broad SMARTS) is 1. The summed E-state index contributed by atoms with van der Waals surface area (Å²) < 4.78 is 4.30. The number of rotatable bonds is 3. The molecule has 98 valence electrons. The van der Waals surface area contributed by atoms with Crippen molar-refractivity contribution in [1.29, 1.82) is 0 Å². The van der Waals surface area contributed by atoms with Gasteiger partial charge in [-0.1, -0.05) is 0 Å². The summed E-state index contributed by atoms with van der Waals surface area (Å²) in [5.74, 6) is 0.108. The fraction of sp³-hybridized carbons (Fsp3) is 0.500. The van der Waals surface area contributed by atoms with E-state index in [4.69, 9.17) is 5.11 Å². The normalized spacial score (nSPS) is 21.7. The second-order valence-corrected chi connectivity index (χ2v) is 3.68. The average Bonchev–Trinajstić information content (AvgIpc) is 2.31. The molecule has 1 heterocycles. The Morgan fingerprint density at radius 2 is 2.11 bits per heavy atom. The first kappa shape index (κ1) is 13.7. The van der Waals surface area contributed by atoms with Crippen molar-refractivity contribution in [3.05, 3.63) is 5.70 Å². The number of likely N-dealkylation sites (tertiary alicyclic amines) is 1. The van der Waals surface area contributed by atoms with E-state index < -0.39 is 36.5 Å². The van der Waals surface area contributed by atoms with Crippen molar-refractivity contribution >= 4 is 23.9 Å². The van der Waals surface area contributed by atoms with Gasteiger partial charge in [-0.15, -0.1) is 0 Å². The van der Waals surface area contributed by atoms with Crippen molar-refractivity contribution < 1.29 is 29.0 Å². The maximum absolute atomic E-state index is 11.4. The molecule has 1 aliphatic rings. The van der Waals surface area contributed by atoms with Crippen LogP contribution in [0, 0.1) is 0 Å². The van der Waals surface area contributed by atoms with Crippen LogP contribution in [-0.2, 0) is 19.1 Å². The molecule has 0 aliphatic carbocycles. The summed E-state index contributed by atoms with van der Waals surface area (Å²) in [6.07, 6.45) is -1.78. The minimum Gasteiger partial charge on any atom is -0.469 e. The van der Waals surface area contributed by atoms with Crippen LogP contribution in [0.25, 0.3) is 0 Å². The van der Waals surface area contributed by atoms with E-state index in [1.54, 1.807) is 0 Å². The van der Waals surface area contributed by atoms with Crippen LogP contribution < -0.4 is 5.32 Å². The molecular weight excluding hydrogens is 244 g/mol. The SMILES string of the molecule is COC(=O)CC(=O)NC1C(=C=O)N(C(=O)O)C1C. The first-order valence-electron chi connectivity index (χ1n) is 5.05. The highest BCUT2D eigenvalue weighted by atomic mass is 16.5. The molecule has 0 radical (unpaired) electrons. The van der Waals surface area contributed by atoms with Gasteiger partial charge in [0.1, 0.15) is 24.1 Å². The van der Waals surface area contributed by atoms with Crippen molar-refractivity contribution in [2.75, 3.05) is 7.11 Å². The molecule has 0 aromatic rings. The molecule has 1 aliphatic heterocycles. The first-order valence-corrected chi connectivity index (χ1v) is 5.05. The zero-order chi connectivity index (χ0) is 13.9. The molecule has 2 atom stereocenters. The highest BCUT2D eigenvalue weighted by Gasteiger charge is 2.46. The van der Waals surface area contributed by atoms with Gasteiger partial charge in [0.05, 0.1) is 13.2 Å². The van der Waals surface area contributed by atoms with Crippen LogP contribution in [0.1, 0.15) is 13.3 Å². The molecule has 0 saturated carbocycles. The van der Waals surface area contributed by atoms with E-state index in [1.165, 1.54) is 12.9 Å². The van der Waals surface area contributed by atoms with Crippen LogP contribution in [0.2, 0.25) is 0 Å². The maximum Gasteiger partial charge on any atom is 0.412 e. The lowest BCUT2D eigenvalue weighted by atomic mass is 9.94. The van der Waals surface area contributed by atoms with Crippen LogP contribution >= 0.6 is 0 Å². The number of methoxy groups -OCH3 is 1. The standard InChI is InChI=1S/C10H12N2O6/c1-5-9(6(4-13)12(5)10(16)17)11-7(14)3-8(15)18-2/h5,9H,3H2,1-2H3,(H,11,14)(H,16,17). The van der Waals surface area contributed by atoms with Crippen LogP contribution in [0.3, 0.4) is 0 Å². The van der Waals surface area contributed by atoms with Gasteiger partial charge in [0, 0.05) is 0 Å². The number of carbonyl (C=O) groups excluding carboxylic acids is 3. The summed E-state index contributed by atoms with van der Waals surface area (Å²) in [5.41, 5.74) is -0.173. The Bertz CT molecular complexity index is 440. The molecule has 2 N–H and O–H groups in total. The fourth-order valence-electron chi connectivity index (χ4n) is 1.67. The van der Waals surface area contributed by atoms with E-state index in [-0.39, 0.29) is 5.70 Å². The summed E-state index contributed by atoms with van der Waals surface area (Å²) in [6.45, 7) is 1.53. The Hall–Kier alpha value is -2.34. The topological polar surface area (TPSA) is 113 Å². The summed E-state index contributed by atoms with van der Waals surface area (Å²) in [7, 11) is 1.14. The molecule has 1 fully saturated rings. The first-order chi connectivity index (χ1) is 8.42. The number of amides is 2. The average molecular weight is 256 g/mol. The molecule has 1 rings (SSSR count). The summed E-state index contributed by atoms with van der Waals surface area (Å²) in [5, 5.41) is 11.2. The van der Waals surface area contributed by atoms with Gasteiger partial charge in [-0.2, -0.15) is 0 Å². The van der Waals surface area contributed by atoms with E-state index in [2.05, 4.69) is 10.1 Å².